The standard InChI is InChI=1S/C12H19N4O9P/c1-14-4-16(9-6(14)10(19)15(2)12(20)13-9)11-8(18)7(17)5(25-11)3-24-26(21,22)23/h5,7-8,11,17-18H,3-4H2,1-2H3,(H,13,20)(H2,21,22,23)/t5-,7-,8-,11-/m1/s1. The van der Waals surface area contributed by atoms with Crippen molar-refractivity contribution in [2.75, 3.05) is 30.1 Å². The number of aromatic amines is 1. The number of hydrogen-bond acceptors (Lipinski definition) is 9. The van der Waals surface area contributed by atoms with Crippen molar-refractivity contribution in [3.05, 3.63) is 20.8 Å². The Morgan fingerprint density at radius 1 is 1.27 bits per heavy atom. The third-order valence-electron chi connectivity index (χ3n) is 4.35. The first-order valence-electron chi connectivity index (χ1n) is 7.54. The van der Waals surface area contributed by atoms with Gasteiger partial charge in [-0.3, -0.25) is 18.9 Å². The monoisotopic (exact) mass is 394 g/mol. The van der Waals surface area contributed by atoms with Gasteiger partial charge < -0.3 is 34.5 Å². The van der Waals surface area contributed by atoms with Crippen LogP contribution in [0, 0.1) is 0 Å². The number of anilines is 2. The van der Waals surface area contributed by atoms with Crippen LogP contribution in [0.2, 0.25) is 0 Å². The van der Waals surface area contributed by atoms with Crippen LogP contribution < -0.4 is 21.0 Å². The van der Waals surface area contributed by atoms with Gasteiger partial charge in [0, 0.05) is 14.1 Å². The van der Waals surface area contributed by atoms with E-state index in [1.54, 1.807) is 7.05 Å². The predicted octanol–water partition coefficient (Wildman–Crippen LogP) is -3.16. The minimum Gasteiger partial charge on any atom is -0.387 e. The van der Waals surface area contributed by atoms with Crippen molar-refractivity contribution in [3.8, 4) is 0 Å². The lowest BCUT2D eigenvalue weighted by Gasteiger charge is -2.27. The van der Waals surface area contributed by atoms with Gasteiger partial charge >= 0.3 is 13.5 Å². The van der Waals surface area contributed by atoms with E-state index in [0.717, 1.165) is 4.57 Å². The first kappa shape index (κ1) is 19.0. The van der Waals surface area contributed by atoms with E-state index in [9.17, 15) is 24.4 Å². The molecule has 0 saturated carbocycles. The molecule has 1 aromatic heterocycles. The van der Waals surface area contributed by atoms with Gasteiger partial charge in [-0.15, -0.1) is 0 Å². The molecule has 0 unspecified atom stereocenters. The number of phosphoric ester groups is 1. The van der Waals surface area contributed by atoms with Crippen LogP contribution in [0.5, 0.6) is 0 Å². The first-order valence-corrected chi connectivity index (χ1v) is 9.07. The van der Waals surface area contributed by atoms with Gasteiger partial charge in [0.2, 0.25) is 0 Å². The van der Waals surface area contributed by atoms with Crippen molar-refractivity contribution < 1.29 is 33.8 Å². The highest BCUT2D eigenvalue weighted by Gasteiger charge is 2.49. The van der Waals surface area contributed by atoms with Crippen LogP contribution in [0.1, 0.15) is 0 Å². The van der Waals surface area contributed by atoms with Gasteiger partial charge in [-0.2, -0.15) is 0 Å². The zero-order valence-corrected chi connectivity index (χ0v) is 14.7. The number of nitrogens with zero attached hydrogens (tertiary/aromatic N) is 3. The molecule has 3 rings (SSSR count). The number of aliphatic hydroxyl groups excluding tert-OH is 2. The van der Waals surface area contributed by atoms with E-state index >= 15 is 0 Å². The summed E-state index contributed by atoms with van der Waals surface area (Å²) in [4.78, 5) is 47.1. The Morgan fingerprint density at radius 2 is 1.92 bits per heavy atom. The Hall–Kier alpha value is -1.73. The van der Waals surface area contributed by atoms with E-state index in [4.69, 9.17) is 14.5 Å². The molecular formula is C12H19N4O9P. The first-order chi connectivity index (χ1) is 12.0. The van der Waals surface area contributed by atoms with E-state index in [2.05, 4.69) is 9.51 Å². The highest BCUT2D eigenvalue weighted by Crippen LogP contribution is 2.39. The molecule has 1 fully saturated rings. The van der Waals surface area contributed by atoms with E-state index in [-0.39, 0.29) is 18.2 Å². The molecule has 0 aliphatic carbocycles. The molecule has 14 heteroatoms. The molecule has 2 aliphatic heterocycles. The zero-order chi connectivity index (χ0) is 19.4. The molecule has 1 saturated heterocycles. The number of rotatable bonds is 4. The summed E-state index contributed by atoms with van der Waals surface area (Å²) in [6, 6.07) is 0. The lowest BCUT2D eigenvalue weighted by molar-refractivity contribution is -0.0218. The molecular weight excluding hydrogens is 375 g/mol. The Balaban J connectivity index is 1.89. The maximum atomic E-state index is 12.3. The number of aliphatic hydroxyl groups is 2. The molecule has 3 heterocycles. The Bertz CT molecular complexity index is 863. The van der Waals surface area contributed by atoms with E-state index in [0.29, 0.717) is 0 Å². The summed E-state index contributed by atoms with van der Waals surface area (Å²) in [6.45, 7) is -0.576. The van der Waals surface area contributed by atoms with Gasteiger partial charge in [-0.25, -0.2) is 9.36 Å². The fourth-order valence-electron chi connectivity index (χ4n) is 3.02. The summed E-state index contributed by atoms with van der Waals surface area (Å²) in [6.07, 6.45) is -5.33. The smallest absolute Gasteiger partial charge is 0.387 e. The summed E-state index contributed by atoms with van der Waals surface area (Å²) in [5.74, 6) is 0.119. The summed E-state index contributed by atoms with van der Waals surface area (Å²) >= 11 is 0. The summed E-state index contributed by atoms with van der Waals surface area (Å²) < 4.78 is 21.5. The number of H-pyrrole nitrogens is 1. The van der Waals surface area contributed by atoms with Crippen molar-refractivity contribution in [2.24, 2.45) is 7.05 Å². The van der Waals surface area contributed by atoms with Crippen molar-refractivity contribution >= 4 is 19.3 Å². The third kappa shape index (κ3) is 3.18. The summed E-state index contributed by atoms with van der Waals surface area (Å²) in [5, 5.41) is 20.3. The largest absolute Gasteiger partial charge is 0.469 e. The lowest BCUT2D eigenvalue weighted by atomic mass is 10.1. The van der Waals surface area contributed by atoms with Crippen LogP contribution in [-0.4, -0.2) is 74.4 Å². The maximum Gasteiger partial charge on any atom is 0.469 e. The Morgan fingerprint density at radius 3 is 2.54 bits per heavy atom. The fourth-order valence-corrected chi connectivity index (χ4v) is 3.36. The fraction of sp³-hybridized carbons (Fsp3) is 0.667. The topological polar surface area (TPSA) is 178 Å². The van der Waals surface area contributed by atoms with Crippen LogP contribution in [0.3, 0.4) is 0 Å². The summed E-state index contributed by atoms with van der Waals surface area (Å²) in [7, 11) is -1.86. The Kier molecular flexibility index (Phi) is 4.73. The molecule has 0 spiro atoms. The minimum absolute atomic E-state index is 0.0744. The second-order valence-corrected chi connectivity index (χ2v) is 7.37. The van der Waals surface area contributed by atoms with Crippen molar-refractivity contribution in [1.82, 2.24) is 9.55 Å². The molecule has 1 aromatic rings. The van der Waals surface area contributed by atoms with Crippen molar-refractivity contribution in [2.45, 2.75) is 24.5 Å². The second-order valence-electron chi connectivity index (χ2n) is 6.13. The molecule has 13 nitrogen and oxygen atoms in total. The quantitative estimate of drug-likeness (QED) is 0.326. The zero-order valence-electron chi connectivity index (χ0n) is 13.8. The summed E-state index contributed by atoms with van der Waals surface area (Å²) in [5.41, 5.74) is -1.01. The van der Waals surface area contributed by atoms with Gasteiger partial charge in [0.1, 0.15) is 29.8 Å². The SMILES string of the molecule is CN1CN([C@@H]2O[C@H](COP(=O)(O)O)[C@@H](O)[C@H]2O)c2[nH]c(=O)n(C)c(=O)c21. The van der Waals surface area contributed by atoms with Crippen LogP contribution >= 0.6 is 7.82 Å². The molecule has 146 valence electrons. The van der Waals surface area contributed by atoms with Crippen LogP contribution in [0.4, 0.5) is 11.5 Å². The predicted molar refractivity (Wildman–Crippen MR) is 86.7 cm³/mol. The highest BCUT2D eigenvalue weighted by atomic mass is 31.2. The van der Waals surface area contributed by atoms with Gasteiger partial charge in [0.25, 0.3) is 5.56 Å². The van der Waals surface area contributed by atoms with Gasteiger partial charge in [0.05, 0.1) is 13.3 Å². The molecule has 5 N–H and O–H groups in total. The Labute approximate surface area is 146 Å². The van der Waals surface area contributed by atoms with E-state index in [1.165, 1.54) is 16.8 Å². The minimum atomic E-state index is -4.78. The average molecular weight is 394 g/mol. The van der Waals surface area contributed by atoms with Crippen LogP contribution in [0.15, 0.2) is 9.59 Å². The maximum absolute atomic E-state index is 12.3. The number of hydrogen-bond donors (Lipinski definition) is 5. The van der Waals surface area contributed by atoms with E-state index in [1.807, 2.05) is 0 Å². The molecule has 0 radical (unpaired) electrons. The van der Waals surface area contributed by atoms with Crippen molar-refractivity contribution in [3.63, 3.8) is 0 Å². The highest BCUT2D eigenvalue weighted by molar-refractivity contribution is 7.46. The molecule has 26 heavy (non-hydrogen) atoms. The average Bonchev–Trinajstić information content (AvgIpc) is 3.01. The normalized spacial score (nSPS) is 28.7. The molecule has 4 atom stereocenters. The second kappa shape index (κ2) is 6.46. The van der Waals surface area contributed by atoms with E-state index < -0.39 is 50.2 Å². The number of nitrogens with one attached hydrogen (secondary N) is 1. The molecule has 0 aromatic carbocycles. The molecule has 2 aliphatic rings. The number of fused-ring (bicyclic) bond motifs is 1. The molecule has 0 bridgehead atoms. The number of aromatic nitrogens is 2. The van der Waals surface area contributed by atoms with Gasteiger partial charge in [-0.05, 0) is 0 Å². The lowest BCUT2D eigenvalue weighted by Crippen LogP contribution is -2.46. The van der Waals surface area contributed by atoms with Crippen LogP contribution in [-0.2, 0) is 20.9 Å². The molecule has 0 amide bonds. The third-order valence-corrected chi connectivity index (χ3v) is 4.83. The number of ether oxygens (including phenoxy) is 1. The van der Waals surface area contributed by atoms with Gasteiger partial charge in [0.15, 0.2) is 6.23 Å². The van der Waals surface area contributed by atoms with Crippen molar-refractivity contribution in [1.29, 1.82) is 0 Å². The van der Waals surface area contributed by atoms with Gasteiger partial charge in [-0.1, -0.05) is 0 Å². The number of phosphoric acid groups is 1. The van der Waals surface area contributed by atoms with Crippen LogP contribution in [0.25, 0.3) is 0 Å².